The van der Waals surface area contributed by atoms with Crippen molar-refractivity contribution in [2.75, 3.05) is 11.4 Å². The molecule has 0 bridgehead atoms. The summed E-state index contributed by atoms with van der Waals surface area (Å²) in [5.74, 6) is 1.41. The zero-order valence-corrected chi connectivity index (χ0v) is 10.8. The predicted octanol–water partition coefficient (Wildman–Crippen LogP) is 2.63. The third-order valence-electron chi connectivity index (χ3n) is 3.49. The van der Waals surface area contributed by atoms with E-state index in [-0.39, 0.29) is 10.8 Å². The van der Waals surface area contributed by atoms with Crippen LogP contribution < -0.4 is 4.90 Å². The number of halogens is 1. The van der Waals surface area contributed by atoms with E-state index in [1.807, 2.05) is 6.07 Å². The van der Waals surface area contributed by atoms with Gasteiger partial charge in [-0.15, -0.1) is 0 Å². The van der Waals surface area contributed by atoms with E-state index in [2.05, 4.69) is 28.7 Å². The second kappa shape index (κ2) is 4.89. The minimum atomic E-state index is 0.188. The van der Waals surface area contributed by atoms with Crippen LogP contribution in [0.1, 0.15) is 32.4 Å². The fourth-order valence-corrected chi connectivity index (χ4v) is 2.41. The van der Waals surface area contributed by atoms with Gasteiger partial charge in [0.1, 0.15) is 11.9 Å². The van der Waals surface area contributed by atoms with Crippen LogP contribution in [0.2, 0.25) is 5.15 Å². The highest BCUT2D eigenvalue weighted by Gasteiger charge is 2.26. The Kier molecular flexibility index (Phi) is 3.49. The second-order valence-corrected chi connectivity index (χ2v) is 4.89. The van der Waals surface area contributed by atoms with E-state index in [1.165, 1.54) is 6.42 Å². The van der Waals surface area contributed by atoms with Crippen LogP contribution in [0.4, 0.5) is 5.82 Å². The highest BCUT2D eigenvalue weighted by atomic mass is 35.5. The summed E-state index contributed by atoms with van der Waals surface area (Å²) in [6, 6.07) is 2.35. The molecule has 0 amide bonds. The number of hydrogen-bond donors (Lipinski definition) is 0. The van der Waals surface area contributed by atoms with Gasteiger partial charge in [0.2, 0.25) is 0 Å². The molecule has 2 rings (SSSR count). The molecule has 0 aliphatic carbocycles. The molecule has 5 heteroatoms. The first-order chi connectivity index (χ1) is 8.13. The first-order valence-corrected chi connectivity index (χ1v) is 6.20. The minimum absolute atomic E-state index is 0.188. The SMILES string of the molecule is C[C@H]1CCCN(c2cnc(C#N)c(Cl)n2)[C@H]1C. The van der Waals surface area contributed by atoms with Crippen molar-refractivity contribution in [1.82, 2.24) is 9.97 Å². The quantitative estimate of drug-likeness (QED) is 0.769. The van der Waals surface area contributed by atoms with Gasteiger partial charge in [0.05, 0.1) is 6.20 Å². The average molecular weight is 251 g/mol. The smallest absolute Gasteiger partial charge is 0.178 e. The largest absolute Gasteiger partial charge is 0.352 e. The van der Waals surface area contributed by atoms with Crippen molar-refractivity contribution in [3.63, 3.8) is 0 Å². The van der Waals surface area contributed by atoms with Crippen LogP contribution in [0.5, 0.6) is 0 Å². The summed E-state index contributed by atoms with van der Waals surface area (Å²) in [4.78, 5) is 10.5. The molecule has 17 heavy (non-hydrogen) atoms. The molecule has 0 N–H and O–H groups in total. The van der Waals surface area contributed by atoms with Crippen molar-refractivity contribution in [3.05, 3.63) is 17.0 Å². The van der Waals surface area contributed by atoms with E-state index < -0.39 is 0 Å². The fourth-order valence-electron chi connectivity index (χ4n) is 2.23. The van der Waals surface area contributed by atoms with E-state index in [0.29, 0.717) is 12.0 Å². The number of piperidine rings is 1. The van der Waals surface area contributed by atoms with Crippen molar-refractivity contribution in [3.8, 4) is 6.07 Å². The van der Waals surface area contributed by atoms with Crippen LogP contribution in [-0.4, -0.2) is 22.6 Å². The van der Waals surface area contributed by atoms with Crippen LogP contribution in [0, 0.1) is 17.2 Å². The Hall–Kier alpha value is -1.34. The lowest BCUT2D eigenvalue weighted by atomic mass is 9.92. The lowest BCUT2D eigenvalue weighted by Gasteiger charge is -2.38. The van der Waals surface area contributed by atoms with Gasteiger partial charge >= 0.3 is 0 Å². The number of anilines is 1. The van der Waals surface area contributed by atoms with Crippen molar-refractivity contribution < 1.29 is 0 Å². The monoisotopic (exact) mass is 250 g/mol. The van der Waals surface area contributed by atoms with Crippen molar-refractivity contribution in [1.29, 1.82) is 5.26 Å². The third-order valence-corrected chi connectivity index (χ3v) is 3.75. The molecule has 2 heterocycles. The Morgan fingerprint density at radius 3 is 2.94 bits per heavy atom. The molecular formula is C12H15ClN4. The number of nitrogens with zero attached hydrogens (tertiary/aromatic N) is 4. The summed E-state index contributed by atoms with van der Waals surface area (Å²) < 4.78 is 0. The normalized spacial score (nSPS) is 24.5. The average Bonchev–Trinajstić information content (AvgIpc) is 2.32. The number of rotatable bonds is 1. The zero-order chi connectivity index (χ0) is 12.4. The van der Waals surface area contributed by atoms with E-state index in [9.17, 15) is 0 Å². The highest BCUT2D eigenvalue weighted by Crippen LogP contribution is 2.27. The number of aromatic nitrogens is 2. The van der Waals surface area contributed by atoms with Crippen LogP contribution in [0.25, 0.3) is 0 Å². The lowest BCUT2D eigenvalue weighted by molar-refractivity contribution is 0.361. The van der Waals surface area contributed by atoms with Gasteiger partial charge in [-0.05, 0) is 25.7 Å². The van der Waals surface area contributed by atoms with Gasteiger partial charge in [0.15, 0.2) is 10.8 Å². The summed E-state index contributed by atoms with van der Waals surface area (Å²) in [6.45, 7) is 5.41. The van der Waals surface area contributed by atoms with Crippen LogP contribution in [0.15, 0.2) is 6.20 Å². The van der Waals surface area contributed by atoms with E-state index >= 15 is 0 Å². The van der Waals surface area contributed by atoms with E-state index in [0.717, 1.165) is 18.8 Å². The Balaban J connectivity index is 2.28. The van der Waals surface area contributed by atoms with Gasteiger partial charge in [-0.1, -0.05) is 18.5 Å². The Morgan fingerprint density at radius 2 is 2.29 bits per heavy atom. The van der Waals surface area contributed by atoms with Gasteiger partial charge in [-0.3, -0.25) is 0 Å². The molecule has 1 aliphatic heterocycles. The molecule has 90 valence electrons. The van der Waals surface area contributed by atoms with Gasteiger partial charge in [-0.2, -0.15) is 5.26 Å². The van der Waals surface area contributed by atoms with Crippen molar-refractivity contribution >= 4 is 17.4 Å². The van der Waals surface area contributed by atoms with Gasteiger partial charge < -0.3 is 4.90 Å². The molecule has 2 atom stereocenters. The summed E-state index contributed by atoms with van der Waals surface area (Å²) in [6.07, 6.45) is 4.04. The fraction of sp³-hybridized carbons (Fsp3) is 0.583. The lowest BCUT2D eigenvalue weighted by Crippen LogP contribution is -2.43. The Morgan fingerprint density at radius 1 is 1.53 bits per heavy atom. The molecule has 0 spiro atoms. The number of nitriles is 1. The van der Waals surface area contributed by atoms with Crippen LogP contribution >= 0.6 is 11.6 Å². The van der Waals surface area contributed by atoms with Gasteiger partial charge in [-0.25, -0.2) is 9.97 Å². The summed E-state index contributed by atoms with van der Waals surface area (Å²) in [5.41, 5.74) is 0.188. The van der Waals surface area contributed by atoms with Gasteiger partial charge in [0, 0.05) is 12.6 Å². The zero-order valence-electron chi connectivity index (χ0n) is 10.0. The maximum Gasteiger partial charge on any atom is 0.178 e. The molecule has 0 aromatic carbocycles. The Bertz CT molecular complexity index is 454. The maximum atomic E-state index is 8.76. The van der Waals surface area contributed by atoms with E-state index in [4.69, 9.17) is 16.9 Å². The summed E-state index contributed by atoms with van der Waals surface area (Å²) in [5, 5.41) is 8.95. The number of hydrogen-bond acceptors (Lipinski definition) is 4. The molecule has 1 aliphatic rings. The highest BCUT2D eigenvalue weighted by molar-refractivity contribution is 6.30. The first kappa shape index (κ1) is 12.1. The minimum Gasteiger partial charge on any atom is -0.352 e. The summed E-state index contributed by atoms with van der Waals surface area (Å²) in [7, 11) is 0. The standard InChI is InChI=1S/C12H15ClN4/c1-8-4-3-5-17(9(8)2)11-7-15-10(6-14)12(13)16-11/h7-9H,3-5H2,1-2H3/t8-,9-/m0/s1. The maximum absolute atomic E-state index is 8.76. The molecule has 0 saturated carbocycles. The molecule has 1 aromatic rings. The molecule has 1 fully saturated rings. The molecule has 1 saturated heterocycles. The molecule has 1 aromatic heterocycles. The predicted molar refractivity (Wildman–Crippen MR) is 67.0 cm³/mol. The van der Waals surface area contributed by atoms with Gasteiger partial charge in [0.25, 0.3) is 0 Å². The summed E-state index contributed by atoms with van der Waals surface area (Å²) >= 11 is 5.91. The molecule has 0 radical (unpaired) electrons. The topological polar surface area (TPSA) is 52.8 Å². The van der Waals surface area contributed by atoms with Crippen molar-refractivity contribution in [2.24, 2.45) is 5.92 Å². The van der Waals surface area contributed by atoms with Crippen LogP contribution in [0.3, 0.4) is 0 Å². The molecule has 0 unspecified atom stereocenters. The van der Waals surface area contributed by atoms with E-state index in [1.54, 1.807) is 6.20 Å². The van der Waals surface area contributed by atoms with Crippen LogP contribution in [-0.2, 0) is 0 Å². The molecule has 4 nitrogen and oxygen atoms in total. The van der Waals surface area contributed by atoms with Crippen molar-refractivity contribution in [2.45, 2.75) is 32.7 Å². The Labute approximate surface area is 106 Å². The second-order valence-electron chi connectivity index (χ2n) is 4.53. The third kappa shape index (κ3) is 2.34. The molecular weight excluding hydrogens is 236 g/mol. The first-order valence-electron chi connectivity index (χ1n) is 5.82.